The van der Waals surface area contributed by atoms with E-state index in [2.05, 4.69) is 27.7 Å². The molecule has 0 saturated carbocycles. The number of aromatic nitrogens is 2. The van der Waals surface area contributed by atoms with Gasteiger partial charge in [0.25, 0.3) is 0 Å². The molecule has 108 valence electrons. The van der Waals surface area contributed by atoms with E-state index in [0.717, 1.165) is 20.5 Å². The lowest BCUT2D eigenvalue weighted by molar-refractivity contribution is -0.137. The second-order valence-corrected chi connectivity index (χ2v) is 5.95. The highest BCUT2D eigenvalue weighted by molar-refractivity contribution is 14.1. The molecule has 6 heteroatoms. The molecular weight excluding hydrogens is 392 g/mol. The van der Waals surface area contributed by atoms with Gasteiger partial charge < -0.3 is 0 Å². The van der Waals surface area contributed by atoms with Crippen LogP contribution in [0.25, 0.3) is 10.9 Å². The molecule has 0 radical (unpaired) electrons. The maximum atomic E-state index is 12.7. The number of benzene rings is 2. The number of rotatable bonds is 2. The molecule has 3 aromatic rings. The quantitative estimate of drug-likeness (QED) is 0.568. The molecule has 2 aromatic carbocycles. The summed E-state index contributed by atoms with van der Waals surface area (Å²) in [5.41, 5.74) is 0.860. The van der Waals surface area contributed by atoms with Crippen molar-refractivity contribution in [3.8, 4) is 0 Å². The van der Waals surface area contributed by atoms with Gasteiger partial charge in [0.15, 0.2) is 0 Å². The van der Waals surface area contributed by atoms with Gasteiger partial charge in [0.05, 0.1) is 23.8 Å². The largest absolute Gasteiger partial charge is 0.416 e. The van der Waals surface area contributed by atoms with Gasteiger partial charge >= 0.3 is 6.18 Å². The molecule has 0 unspecified atom stereocenters. The van der Waals surface area contributed by atoms with Crippen LogP contribution in [0.3, 0.4) is 0 Å². The van der Waals surface area contributed by atoms with Gasteiger partial charge in [0.2, 0.25) is 0 Å². The van der Waals surface area contributed by atoms with Crippen LogP contribution >= 0.6 is 22.6 Å². The van der Waals surface area contributed by atoms with Gasteiger partial charge in [-0.1, -0.05) is 18.2 Å². The van der Waals surface area contributed by atoms with E-state index in [1.54, 1.807) is 16.9 Å². The third-order valence-electron chi connectivity index (χ3n) is 3.19. The predicted octanol–water partition coefficient (Wildman–Crippen LogP) is 4.71. The number of hydrogen-bond acceptors (Lipinski definition) is 1. The van der Waals surface area contributed by atoms with Crippen molar-refractivity contribution in [2.24, 2.45) is 0 Å². The van der Waals surface area contributed by atoms with E-state index in [4.69, 9.17) is 0 Å². The zero-order chi connectivity index (χ0) is 15.0. The van der Waals surface area contributed by atoms with Crippen LogP contribution in [0.15, 0.2) is 48.7 Å². The molecule has 1 heterocycles. The van der Waals surface area contributed by atoms with Crippen LogP contribution in [-0.2, 0) is 12.7 Å². The number of fused-ring (bicyclic) bond motifs is 1. The molecule has 0 fully saturated rings. The van der Waals surface area contributed by atoms with Crippen molar-refractivity contribution in [3.63, 3.8) is 0 Å². The van der Waals surface area contributed by atoms with Gasteiger partial charge in [-0.15, -0.1) is 0 Å². The van der Waals surface area contributed by atoms with E-state index in [1.165, 1.54) is 12.1 Å². The van der Waals surface area contributed by atoms with E-state index < -0.39 is 11.7 Å². The molecule has 1 aromatic heterocycles. The fourth-order valence-electron chi connectivity index (χ4n) is 2.19. The van der Waals surface area contributed by atoms with Crippen molar-refractivity contribution in [1.82, 2.24) is 9.78 Å². The van der Waals surface area contributed by atoms with Crippen molar-refractivity contribution < 1.29 is 13.2 Å². The third kappa shape index (κ3) is 3.04. The zero-order valence-electron chi connectivity index (χ0n) is 10.7. The van der Waals surface area contributed by atoms with E-state index in [0.29, 0.717) is 12.1 Å². The van der Waals surface area contributed by atoms with E-state index in [1.807, 2.05) is 18.2 Å². The molecule has 0 N–H and O–H groups in total. The molecule has 3 rings (SSSR count). The van der Waals surface area contributed by atoms with Gasteiger partial charge in [0.1, 0.15) is 0 Å². The molecule has 0 aliphatic carbocycles. The average molecular weight is 402 g/mol. The molecule has 0 aliphatic rings. The number of hydrogen-bond donors (Lipinski definition) is 0. The Balaban J connectivity index is 1.97. The molecule has 0 saturated heterocycles. The lowest BCUT2D eigenvalue weighted by Gasteiger charge is -2.09. The first-order chi connectivity index (χ1) is 9.93. The Labute approximate surface area is 132 Å². The van der Waals surface area contributed by atoms with Crippen molar-refractivity contribution >= 4 is 33.5 Å². The predicted molar refractivity (Wildman–Crippen MR) is 83.0 cm³/mol. The first kappa shape index (κ1) is 14.4. The van der Waals surface area contributed by atoms with Crippen LogP contribution in [0.5, 0.6) is 0 Å². The summed E-state index contributed by atoms with van der Waals surface area (Å²) in [6.07, 6.45) is -2.60. The third-order valence-corrected chi connectivity index (χ3v) is 3.86. The van der Waals surface area contributed by atoms with Gasteiger partial charge in [0, 0.05) is 8.96 Å². The van der Waals surface area contributed by atoms with E-state index in [9.17, 15) is 13.2 Å². The molecule has 0 amide bonds. The highest BCUT2D eigenvalue weighted by atomic mass is 127. The van der Waals surface area contributed by atoms with Crippen LogP contribution in [0.4, 0.5) is 13.2 Å². The summed E-state index contributed by atoms with van der Waals surface area (Å²) < 4.78 is 41.0. The van der Waals surface area contributed by atoms with Crippen LogP contribution < -0.4 is 0 Å². The highest BCUT2D eigenvalue weighted by Gasteiger charge is 2.30. The van der Waals surface area contributed by atoms with Gasteiger partial charge in [-0.3, -0.25) is 4.68 Å². The zero-order valence-corrected chi connectivity index (χ0v) is 12.9. The van der Waals surface area contributed by atoms with Crippen molar-refractivity contribution in [2.45, 2.75) is 12.7 Å². The van der Waals surface area contributed by atoms with Crippen LogP contribution in [0, 0.1) is 3.57 Å². The summed E-state index contributed by atoms with van der Waals surface area (Å²) in [5, 5.41) is 5.23. The molecule has 21 heavy (non-hydrogen) atoms. The fraction of sp³-hybridized carbons (Fsp3) is 0.133. The van der Waals surface area contributed by atoms with Crippen LogP contribution in [-0.4, -0.2) is 9.78 Å². The first-order valence-electron chi connectivity index (χ1n) is 6.21. The smallest absolute Gasteiger partial charge is 0.260 e. The minimum atomic E-state index is -4.32. The van der Waals surface area contributed by atoms with Gasteiger partial charge in [-0.2, -0.15) is 18.3 Å². The number of nitrogens with zero attached hydrogens (tertiary/aromatic N) is 2. The van der Waals surface area contributed by atoms with Gasteiger partial charge in [-0.25, -0.2) is 0 Å². The second kappa shape index (κ2) is 5.32. The Kier molecular flexibility index (Phi) is 3.64. The first-order valence-corrected chi connectivity index (χ1v) is 7.28. The number of alkyl halides is 3. The van der Waals surface area contributed by atoms with E-state index >= 15 is 0 Å². The molecule has 0 bridgehead atoms. The van der Waals surface area contributed by atoms with Crippen LogP contribution in [0.2, 0.25) is 0 Å². The number of halogens is 4. The summed E-state index contributed by atoms with van der Waals surface area (Å²) in [6, 6.07) is 11.2. The summed E-state index contributed by atoms with van der Waals surface area (Å²) in [7, 11) is 0. The minimum absolute atomic E-state index is 0.313. The molecular formula is C15H10F3IN2. The molecule has 0 spiro atoms. The highest BCUT2D eigenvalue weighted by Crippen LogP contribution is 2.29. The monoisotopic (exact) mass is 402 g/mol. The van der Waals surface area contributed by atoms with E-state index in [-0.39, 0.29) is 0 Å². The maximum Gasteiger partial charge on any atom is 0.416 e. The maximum absolute atomic E-state index is 12.7. The molecule has 0 atom stereocenters. The topological polar surface area (TPSA) is 17.8 Å². The van der Waals surface area contributed by atoms with Crippen molar-refractivity contribution in [1.29, 1.82) is 0 Å². The SMILES string of the molecule is FC(F)(F)c1cccc(Cn2ncc3ccc(I)cc32)c1. The molecule has 2 nitrogen and oxygen atoms in total. The van der Waals surface area contributed by atoms with Crippen molar-refractivity contribution in [3.05, 3.63) is 63.4 Å². The lowest BCUT2D eigenvalue weighted by Crippen LogP contribution is -2.07. The lowest BCUT2D eigenvalue weighted by atomic mass is 10.1. The normalized spacial score (nSPS) is 12.0. The summed E-state index contributed by atoms with van der Waals surface area (Å²) in [6.45, 7) is 0.313. The van der Waals surface area contributed by atoms with Gasteiger partial charge in [-0.05, 0) is 52.4 Å². The Morgan fingerprint density at radius 3 is 2.67 bits per heavy atom. The minimum Gasteiger partial charge on any atom is -0.260 e. The summed E-state index contributed by atoms with van der Waals surface area (Å²) in [4.78, 5) is 0. The van der Waals surface area contributed by atoms with Crippen LogP contribution in [0.1, 0.15) is 11.1 Å². The Hall–Kier alpha value is -1.57. The fourth-order valence-corrected chi connectivity index (χ4v) is 2.66. The Bertz CT molecular complexity index is 793. The summed E-state index contributed by atoms with van der Waals surface area (Å²) >= 11 is 2.20. The standard InChI is InChI=1S/C15H10F3IN2/c16-15(17,18)12-3-1-2-10(6-12)9-21-14-7-13(19)5-4-11(14)8-20-21/h1-8H,9H2. The van der Waals surface area contributed by atoms with Crippen molar-refractivity contribution in [2.75, 3.05) is 0 Å². The summed E-state index contributed by atoms with van der Waals surface area (Å²) in [5.74, 6) is 0. The second-order valence-electron chi connectivity index (χ2n) is 4.70. The Morgan fingerprint density at radius 2 is 1.90 bits per heavy atom. The average Bonchev–Trinajstić information content (AvgIpc) is 2.81. The Morgan fingerprint density at radius 1 is 1.10 bits per heavy atom. The molecule has 0 aliphatic heterocycles.